The van der Waals surface area contributed by atoms with E-state index in [9.17, 15) is 15.3 Å². The summed E-state index contributed by atoms with van der Waals surface area (Å²) in [6.07, 6.45) is -5.24. The van der Waals surface area contributed by atoms with Crippen LogP contribution in [0.3, 0.4) is 0 Å². The minimum atomic E-state index is -1.25. The molecule has 1 rings (SSSR count). The van der Waals surface area contributed by atoms with Crippen LogP contribution in [0.15, 0.2) is 0 Å². The fourth-order valence-electron chi connectivity index (χ4n) is 1.37. The Bertz CT molecular complexity index is 167. The highest BCUT2D eigenvalue weighted by Gasteiger charge is 2.43. The van der Waals surface area contributed by atoms with Crippen molar-refractivity contribution in [1.82, 2.24) is 0 Å². The highest BCUT2D eigenvalue weighted by atomic mass is 16.7. The second-order valence-corrected chi connectivity index (χ2v) is 2.98. The van der Waals surface area contributed by atoms with Gasteiger partial charge in [0.1, 0.15) is 24.4 Å². The van der Waals surface area contributed by atoms with E-state index >= 15 is 0 Å². The van der Waals surface area contributed by atoms with Crippen LogP contribution in [0, 0.1) is 0 Å². The van der Waals surface area contributed by atoms with Gasteiger partial charge in [-0.25, -0.2) is 0 Å². The molecule has 6 nitrogen and oxygen atoms in total. The predicted octanol–water partition coefficient (Wildman–Crippen LogP) is -2.60. The van der Waals surface area contributed by atoms with Gasteiger partial charge in [-0.15, -0.1) is 0 Å². The van der Waals surface area contributed by atoms with Crippen LogP contribution >= 0.6 is 0 Å². The number of methoxy groups -OCH3 is 1. The zero-order chi connectivity index (χ0) is 10.0. The maximum Gasteiger partial charge on any atom is 0.184 e. The van der Waals surface area contributed by atoms with E-state index in [0.29, 0.717) is 0 Å². The molecule has 0 unspecified atom stereocenters. The first-order chi connectivity index (χ1) is 6.11. The van der Waals surface area contributed by atoms with E-state index in [0.717, 1.165) is 0 Å². The molecular formula is C7H15NO5. The monoisotopic (exact) mass is 193 g/mol. The molecule has 0 aliphatic carbocycles. The van der Waals surface area contributed by atoms with Crippen molar-refractivity contribution in [2.45, 2.75) is 30.7 Å². The predicted molar refractivity (Wildman–Crippen MR) is 42.7 cm³/mol. The summed E-state index contributed by atoms with van der Waals surface area (Å²) in [7, 11) is 1.32. The highest BCUT2D eigenvalue weighted by Crippen LogP contribution is 2.20. The van der Waals surface area contributed by atoms with E-state index in [1.807, 2.05) is 0 Å². The number of rotatable bonds is 2. The first-order valence-corrected chi connectivity index (χ1v) is 4.04. The van der Waals surface area contributed by atoms with Gasteiger partial charge in [0.25, 0.3) is 0 Å². The van der Waals surface area contributed by atoms with Crippen molar-refractivity contribution in [2.24, 2.45) is 5.73 Å². The van der Waals surface area contributed by atoms with Crippen LogP contribution in [0.5, 0.6) is 0 Å². The van der Waals surface area contributed by atoms with Crippen LogP contribution in [-0.4, -0.2) is 59.7 Å². The van der Waals surface area contributed by atoms with Crippen molar-refractivity contribution in [3.8, 4) is 0 Å². The van der Waals surface area contributed by atoms with Gasteiger partial charge in [-0.2, -0.15) is 0 Å². The van der Waals surface area contributed by atoms with Crippen LogP contribution in [0.2, 0.25) is 0 Å². The molecule has 5 N–H and O–H groups in total. The molecule has 13 heavy (non-hydrogen) atoms. The molecule has 0 spiro atoms. The zero-order valence-electron chi connectivity index (χ0n) is 7.33. The van der Waals surface area contributed by atoms with Gasteiger partial charge >= 0.3 is 0 Å². The van der Waals surface area contributed by atoms with Gasteiger partial charge in [0.2, 0.25) is 0 Å². The normalized spacial score (nSPS) is 46.4. The fourth-order valence-corrected chi connectivity index (χ4v) is 1.37. The molecule has 0 aromatic rings. The number of ether oxygens (including phenoxy) is 2. The average Bonchev–Trinajstić information content (AvgIpc) is 2.12. The average molecular weight is 193 g/mol. The second-order valence-electron chi connectivity index (χ2n) is 2.98. The molecule has 0 radical (unpaired) electrons. The van der Waals surface area contributed by atoms with E-state index in [1.165, 1.54) is 7.11 Å². The Balaban J connectivity index is 2.66. The Kier molecular flexibility index (Phi) is 3.60. The maximum absolute atomic E-state index is 9.44. The molecule has 0 aromatic carbocycles. The Morgan fingerprint density at radius 3 is 2.38 bits per heavy atom. The molecule has 0 amide bonds. The van der Waals surface area contributed by atoms with Crippen molar-refractivity contribution in [2.75, 3.05) is 13.7 Å². The van der Waals surface area contributed by atoms with Gasteiger partial charge in [-0.1, -0.05) is 0 Å². The molecule has 1 saturated heterocycles. The van der Waals surface area contributed by atoms with Gasteiger partial charge < -0.3 is 30.5 Å². The standard InChI is InChI=1S/C7H15NO5/c1-12-6-5(10)4(9)3(2-8)13-7(6)11/h3-7,9-11H,2,8H2,1H3/t3-,4-,5+,6+,7+/m1/s1. The maximum atomic E-state index is 9.44. The molecule has 0 aromatic heterocycles. The first-order valence-electron chi connectivity index (χ1n) is 4.04. The van der Waals surface area contributed by atoms with Crippen molar-refractivity contribution in [3.05, 3.63) is 0 Å². The van der Waals surface area contributed by atoms with E-state index in [4.69, 9.17) is 15.2 Å². The first kappa shape index (κ1) is 10.8. The van der Waals surface area contributed by atoms with E-state index in [-0.39, 0.29) is 6.54 Å². The lowest BCUT2D eigenvalue weighted by molar-refractivity contribution is -0.284. The van der Waals surface area contributed by atoms with Crippen LogP contribution in [0.1, 0.15) is 0 Å². The molecule has 1 aliphatic rings. The number of hydrogen-bond donors (Lipinski definition) is 4. The summed E-state index contributed by atoms with van der Waals surface area (Å²) in [6.45, 7) is 0.0335. The summed E-state index contributed by atoms with van der Waals surface area (Å²) in [4.78, 5) is 0. The Labute approximate surface area is 75.9 Å². The third-order valence-corrected chi connectivity index (χ3v) is 2.17. The summed E-state index contributed by atoms with van der Waals surface area (Å²) >= 11 is 0. The molecule has 1 heterocycles. The van der Waals surface area contributed by atoms with Gasteiger partial charge in [-0.3, -0.25) is 0 Å². The van der Waals surface area contributed by atoms with Crippen molar-refractivity contribution < 1.29 is 24.8 Å². The van der Waals surface area contributed by atoms with Crippen LogP contribution in [0.25, 0.3) is 0 Å². The number of hydrogen-bond acceptors (Lipinski definition) is 6. The van der Waals surface area contributed by atoms with Gasteiger partial charge in [-0.05, 0) is 0 Å². The summed E-state index contributed by atoms with van der Waals surface area (Å²) in [5, 5.41) is 28.1. The lowest BCUT2D eigenvalue weighted by atomic mass is 9.99. The van der Waals surface area contributed by atoms with E-state index < -0.39 is 30.7 Å². The summed E-state index contributed by atoms with van der Waals surface area (Å²) in [5.41, 5.74) is 5.26. The minimum Gasteiger partial charge on any atom is -0.388 e. The Hall–Kier alpha value is -0.240. The minimum absolute atomic E-state index is 0.0335. The molecule has 5 atom stereocenters. The Morgan fingerprint density at radius 2 is 1.92 bits per heavy atom. The molecule has 0 bridgehead atoms. The fraction of sp³-hybridized carbons (Fsp3) is 1.00. The quantitative estimate of drug-likeness (QED) is 0.383. The van der Waals surface area contributed by atoms with Crippen LogP contribution in [-0.2, 0) is 9.47 Å². The number of nitrogens with two attached hydrogens (primary N) is 1. The molecule has 6 heteroatoms. The van der Waals surface area contributed by atoms with E-state index in [1.54, 1.807) is 0 Å². The SMILES string of the molecule is CO[C@H]1[C@@H](O)[C@H](O)[C@@H](CN)O[C@@H]1O. The molecule has 0 saturated carbocycles. The second kappa shape index (κ2) is 4.32. The molecule has 78 valence electrons. The molecule has 1 fully saturated rings. The lowest BCUT2D eigenvalue weighted by Gasteiger charge is -2.39. The summed E-state index contributed by atoms with van der Waals surface area (Å²) in [6, 6.07) is 0. The highest BCUT2D eigenvalue weighted by molar-refractivity contribution is 4.89. The van der Waals surface area contributed by atoms with Gasteiger partial charge in [0.15, 0.2) is 6.29 Å². The van der Waals surface area contributed by atoms with Crippen molar-refractivity contribution in [1.29, 1.82) is 0 Å². The van der Waals surface area contributed by atoms with Crippen molar-refractivity contribution >= 4 is 0 Å². The smallest absolute Gasteiger partial charge is 0.184 e. The van der Waals surface area contributed by atoms with Crippen molar-refractivity contribution in [3.63, 3.8) is 0 Å². The zero-order valence-corrected chi connectivity index (χ0v) is 7.33. The van der Waals surface area contributed by atoms with E-state index in [2.05, 4.69) is 0 Å². The van der Waals surface area contributed by atoms with Gasteiger partial charge in [0, 0.05) is 13.7 Å². The molecular weight excluding hydrogens is 178 g/mol. The summed E-state index contributed by atoms with van der Waals surface area (Å²) in [5.74, 6) is 0. The third kappa shape index (κ3) is 1.98. The van der Waals surface area contributed by atoms with Crippen LogP contribution in [0.4, 0.5) is 0 Å². The lowest BCUT2D eigenvalue weighted by Crippen LogP contribution is -2.59. The largest absolute Gasteiger partial charge is 0.388 e. The number of aliphatic hydroxyl groups excluding tert-OH is 3. The van der Waals surface area contributed by atoms with Gasteiger partial charge in [0.05, 0.1) is 0 Å². The van der Waals surface area contributed by atoms with Crippen LogP contribution < -0.4 is 5.73 Å². The Morgan fingerprint density at radius 1 is 1.31 bits per heavy atom. The summed E-state index contributed by atoms with van der Waals surface area (Å²) < 4.78 is 9.67. The third-order valence-electron chi connectivity index (χ3n) is 2.17. The number of aliphatic hydroxyl groups is 3. The topological polar surface area (TPSA) is 105 Å². The molecule has 1 aliphatic heterocycles.